The Morgan fingerprint density at radius 1 is 1.30 bits per heavy atom. The molecule has 1 rings (SSSR count). The van der Waals surface area contributed by atoms with Gasteiger partial charge in [0.05, 0.1) is 20.3 Å². The molecule has 0 unspecified atom stereocenters. The second-order valence-electron chi connectivity index (χ2n) is 4.10. The molecule has 126 valence electrons. The number of hydrogen-bond donors (Lipinski definition) is 1. The summed E-state index contributed by atoms with van der Waals surface area (Å²) < 4.78 is 14.8. The highest BCUT2D eigenvalue weighted by molar-refractivity contribution is 5.87. The Balaban J connectivity index is 2.24. The lowest BCUT2D eigenvalue weighted by atomic mass is 10.2. The fourth-order valence-electron chi connectivity index (χ4n) is 1.48. The first kappa shape index (κ1) is 18.2. The molecule has 0 aliphatic rings. The molecule has 0 heterocycles. The minimum atomic E-state index is -0.910. The lowest BCUT2D eigenvalue weighted by Crippen LogP contribution is -2.13. The number of carbonyl (C=O) groups is 1. The van der Waals surface area contributed by atoms with E-state index in [1.807, 2.05) is 0 Å². The van der Waals surface area contributed by atoms with Crippen molar-refractivity contribution in [2.75, 3.05) is 33.5 Å². The van der Waals surface area contributed by atoms with Crippen molar-refractivity contribution in [3.05, 3.63) is 40.0 Å². The van der Waals surface area contributed by atoms with Crippen LogP contribution in [0.4, 0.5) is 0 Å². The molecule has 1 N–H and O–H groups in total. The lowest BCUT2D eigenvalue weighted by Gasteiger charge is -2.04. The number of ether oxygens (including phenoxy) is 3. The zero-order chi connectivity index (χ0) is 17.1. The molecular weight excluding hydrogens is 310 g/mol. The van der Waals surface area contributed by atoms with Gasteiger partial charge in [0.15, 0.2) is 11.5 Å². The molecule has 23 heavy (non-hydrogen) atoms. The molecule has 0 atom stereocenters. The normalized spacial score (nSPS) is 10.5. The van der Waals surface area contributed by atoms with E-state index in [0.29, 0.717) is 11.3 Å². The number of phenols is 1. The molecule has 9 nitrogen and oxygen atoms in total. The Morgan fingerprint density at radius 2 is 2.04 bits per heavy atom. The molecule has 0 fully saturated rings. The van der Waals surface area contributed by atoms with E-state index < -0.39 is 11.1 Å². The van der Waals surface area contributed by atoms with Crippen LogP contribution in [0.1, 0.15) is 5.56 Å². The van der Waals surface area contributed by atoms with E-state index in [2.05, 4.69) is 4.84 Å². The second-order valence-corrected chi connectivity index (χ2v) is 4.10. The first-order valence-corrected chi connectivity index (χ1v) is 6.60. The van der Waals surface area contributed by atoms with Gasteiger partial charge in [-0.2, -0.15) is 0 Å². The highest BCUT2D eigenvalue weighted by Gasteiger charge is 2.02. The molecule has 0 radical (unpaired) electrons. The van der Waals surface area contributed by atoms with Crippen molar-refractivity contribution in [1.82, 2.24) is 0 Å². The molecule has 1 aromatic carbocycles. The summed E-state index contributed by atoms with van der Waals surface area (Å²) in [6, 6.07) is 4.63. The molecule has 0 saturated heterocycles. The standard InChI is InChI=1S/C14H17NO8/c1-20-13-10-11(2-4-12(13)16)3-5-14(17)22-8-6-21-7-9-23-15(18)19/h2-5,10,16H,6-9H2,1H3. The summed E-state index contributed by atoms with van der Waals surface area (Å²) >= 11 is 0. The largest absolute Gasteiger partial charge is 0.504 e. The molecule has 0 aliphatic carbocycles. The highest BCUT2D eigenvalue weighted by Crippen LogP contribution is 2.26. The SMILES string of the molecule is COc1cc(C=CC(=O)OCCOCCO[N+](=O)[O-])ccc1O. The van der Waals surface area contributed by atoms with Crippen LogP contribution in [-0.4, -0.2) is 49.7 Å². The summed E-state index contributed by atoms with van der Waals surface area (Å²) in [4.78, 5) is 25.3. The van der Waals surface area contributed by atoms with Crippen LogP contribution in [0.2, 0.25) is 0 Å². The van der Waals surface area contributed by atoms with Crippen molar-refractivity contribution in [3.63, 3.8) is 0 Å². The van der Waals surface area contributed by atoms with E-state index >= 15 is 0 Å². The van der Waals surface area contributed by atoms with Gasteiger partial charge in [-0.15, -0.1) is 10.1 Å². The number of hydrogen-bond acceptors (Lipinski definition) is 8. The highest BCUT2D eigenvalue weighted by atomic mass is 17.0. The maximum atomic E-state index is 11.5. The topological polar surface area (TPSA) is 117 Å². The molecule has 0 spiro atoms. The van der Waals surface area contributed by atoms with Crippen molar-refractivity contribution < 1.29 is 34.0 Å². The van der Waals surface area contributed by atoms with Crippen LogP contribution in [0.5, 0.6) is 11.5 Å². The first-order valence-electron chi connectivity index (χ1n) is 6.60. The van der Waals surface area contributed by atoms with E-state index in [0.717, 1.165) is 0 Å². The van der Waals surface area contributed by atoms with Gasteiger partial charge >= 0.3 is 5.97 Å². The Bertz CT molecular complexity index is 558. The average molecular weight is 327 g/mol. The Labute approximate surface area is 132 Å². The number of methoxy groups -OCH3 is 1. The zero-order valence-electron chi connectivity index (χ0n) is 12.5. The fraction of sp³-hybridized carbons (Fsp3) is 0.357. The maximum Gasteiger partial charge on any atom is 0.330 e. The van der Waals surface area contributed by atoms with Crippen LogP contribution in [0.3, 0.4) is 0 Å². The van der Waals surface area contributed by atoms with Crippen molar-refractivity contribution in [2.24, 2.45) is 0 Å². The number of aromatic hydroxyl groups is 1. The van der Waals surface area contributed by atoms with Gasteiger partial charge in [-0.3, -0.25) is 0 Å². The van der Waals surface area contributed by atoms with Crippen molar-refractivity contribution >= 4 is 12.0 Å². The van der Waals surface area contributed by atoms with E-state index in [-0.39, 0.29) is 32.2 Å². The minimum Gasteiger partial charge on any atom is -0.504 e. The molecule has 0 aromatic heterocycles. The number of nitrogens with zero attached hydrogens (tertiary/aromatic N) is 1. The fourth-order valence-corrected chi connectivity index (χ4v) is 1.48. The minimum absolute atomic E-state index is 0.00503. The van der Waals surface area contributed by atoms with Gasteiger partial charge in [0, 0.05) is 6.08 Å². The quantitative estimate of drug-likeness (QED) is 0.224. The third-order valence-electron chi connectivity index (χ3n) is 2.51. The molecule has 0 saturated carbocycles. The number of rotatable bonds is 10. The second kappa shape index (κ2) is 10.0. The predicted molar refractivity (Wildman–Crippen MR) is 78.4 cm³/mol. The van der Waals surface area contributed by atoms with Gasteiger partial charge in [0.1, 0.15) is 13.2 Å². The molecule has 0 aliphatic heterocycles. The van der Waals surface area contributed by atoms with Crippen molar-refractivity contribution in [1.29, 1.82) is 0 Å². The third-order valence-corrected chi connectivity index (χ3v) is 2.51. The van der Waals surface area contributed by atoms with Gasteiger partial charge < -0.3 is 24.2 Å². The summed E-state index contributed by atoms with van der Waals surface area (Å²) in [5.41, 5.74) is 0.657. The third kappa shape index (κ3) is 7.67. The van der Waals surface area contributed by atoms with Crippen molar-refractivity contribution in [2.45, 2.75) is 0 Å². The van der Waals surface area contributed by atoms with Crippen LogP contribution in [0, 0.1) is 10.1 Å². The monoisotopic (exact) mass is 327 g/mol. The Hall–Kier alpha value is -2.81. The Kier molecular flexibility index (Phi) is 7.94. The van der Waals surface area contributed by atoms with Crippen molar-refractivity contribution in [3.8, 4) is 11.5 Å². The van der Waals surface area contributed by atoms with Gasteiger partial charge in [0.2, 0.25) is 0 Å². The van der Waals surface area contributed by atoms with E-state index in [4.69, 9.17) is 14.2 Å². The van der Waals surface area contributed by atoms with Crippen LogP contribution in [-0.2, 0) is 19.1 Å². The summed E-state index contributed by atoms with van der Waals surface area (Å²) in [7, 11) is 1.42. The molecule has 1 aromatic rings. The van der Waals surface area contributed by atoms with Crippen LogP contribution >= 0.6 is 0 Å². The van der Waals surface area contributed by atoms with Gasteiger partial charge in [-0.25, -0.2) is 4.79 Å². The lowest BCUT2D eigenvalue weighted by molar-refractivity contribution is -0.758. The summed E-state index contributed by atoms with van der Waals surface area (Å²) in [5.74, 6) is -0.265. The van der Waals surface area contributed by atoms with Crippen LogP contribution < -0.4 is 4.74 Å². The van der Waals surface area contributed by atoms with Crippen LogP contribution in [0.15, 0.2) is 24.3 Å². The predicted octanol–water partition coefficient (Wildman–Crippen LogP) is 1.18. The number of esters is 1. The smallest absolute Gasteiger partial charge is 0.330 e. The van der Waals surface area contributed by atoms with Crippen LogP contribution in [0.25, 0.3) is 6.08 Å². The van der Waals surface area contributed by atoms with Gasteiger partial charge in [-0.05, 0) is 23.8 Å². The van der Waals surface area contributed by atoms with Gasteiger partial charge in [-0.1, -0.05) is 6.07 Å². The number of carbonyl (C=O) groups excluding carboxylic acids is 1. The zero-order valence-corrected chi connectivity index (χ0v) is 12.5. The molecular formula is C14H17NO8. The van der Waals surface area contributed by atoms with E-state index in [9.17, 15) is 20.0 Å². The summed E-state index contributed by atoms with van der Waals surface area (Å²) in [6.45, 7) is -0.0283. The number of phenolic OH excluding ortho intramolecular Hbond substituents is 1. The summed E-state index contributed by atoms with van der Waals surface area (Å²) in [6.07, 6.45) is 2.73. The molecule has 0 bridgehead atoms. The average Bonchev–Trinajstić information content (AvgIpc) is 2.52. The first-order chi connectivity index (χ1) is 11.0. The van der Waals surface area contributed by atoms with E-state index in [1.165, 1.54) is 25.3 Å². The Morgan fingerprint density at radius 3 is 2.74 bits per heavy atom. The maximum absolute atomic E-state index is 11.5. The summed E-state index contributed by atoms with van der Waals surface area (Å²) in [5, 5.41) is 18.4. The molecule has 0 amide bonds. The number of benzene rings is 1. The molecule has 9 heteroatoms. The van der Waals surface area contributed by atoms with E-state index in [1.54, 1.807) is 12.1 Å². The van der Waals surface area contributed by atoms with Gasteiger partial charge in [0.25, 0.3) is 5.09 Å².